The molecular formula is C17H14ClNO3. The van der Waals surface area contributed by atoms with E-state index >= 15 is 0 Å². The lowest BCUT2D eigenvalue weighted by Gasteiger charge is -2.10. The van der Waals surface area contributed by atoms with Gasteiger partial charge < -0.3 is 9.47 Å². The summed E-state index contributed by atoms with van der Waals surface area (Å²) in [4.78, 5) is 11.4. The predicted molar refractivity (Wildman–Crippen MR) is 83.6 cm³/mol. The minimum absolute atomic E-state index is 0.295. The second-order valence-corrected chi connectivity index (χ2v) is 4.97. The molecule has 5 heteroatoms. The molecule has 0 aliphatic carbocycles. The molecule has 4 nitrogen and oxygen atoms in total. The van der Waals surface area contributed by atoms with Crippen LogP contribution < -0.4 is 4.74 Å². The zero-order valence-corrected chi connectivity index (χ0v) is 12.7. The molecule has 0 unspecified atom stereocenters. The van der Waals surface area contributed by atoms with Crippen LogP contribution in [0.1, 0.15) is 6.92 Å². The highest BCUT2D eigenvalue weighted by Gasteiger charge is 2.11. The molecule has 0 aliphatic rings. The van der Waals surface area contributed by atoms with Crippen molar-refractivity contribution in [1.29, 1.82) is 5.26 Å². The molecular weight excluding hydrogens is 302 g/mol. The fourth-order valence-electron chi connectivity index (χ4n) is 1.82. The Morgan fingerprint density at radius 1 is 1.23 bits per heavy atom. The number of rotatable bonds is 5. The van der Waals surface area contributed by atoms with Crippen molar-refractivity contribution in [2.75, 3.05) is 6.61 Å². The molecule has 0 spiro atoms. The molecule has 0 saturated heterocycles. The van der Waals surface area contributed by atoms with Gasteiger partial charge in [0.15, 0.2) is 12.7 Å². The molecule has 2 aromatic rings. The van der Waals surface area contributed by atoms with Gasteiger partial charge in [-0.15, -0.1) is 0 Å². The Bertz CT molecular complexity index is 695. The fraction of sp³-hybridized carbons (Fsp3) is 0.176. The van der Waals surface area contributed by atoms with Crippen LogP contribution in [0, 0.1) is 11.3 Å². The highest BCUT2D eigenvalue weighted by atomic mass is 35.5. The van der Waals surface area contributed by atoms with E-state index in [1.807, 2.05) is 36.4 Å². The summed E-state index contributed by atoms with van der Waals surface area (Å²) in [6.45, 7) is 1.19. The summed E-state index contributed by atoms with van der Waals surface area (Å²) in [6.07, 6.45) is -0.799. The Balaban J connectivity index is 2.02. The quantitative estimate of drug-likeness (QED) is 0.786. The smallest absolute Gasteiger partial charge is 0.345 e. The van der Waals surface area contributed by atoms with Crippen molar-refractivity contribution in [2.24, 2.45) is 0 Å². The number of benzene rings is 2. The van der Waals surface area contributed by atoms with Crippen molar-refractivity contribution >= 4 is 17.6 Å². The summed E-state index contributed by atoms with van der Waals surface area (Å²) in [6, 6.07) is 16.9. The first kappa shape index (κ1) is 15.9. The molecule has 0 heterocycles. The predicted octanol–water partition coefficient (Wildman–Crippen LogP) is 3.84. The SMILES string of the molecule is C[C@@H](C#N)OC(=O)COc1ccc(-c2ccccc2)cc1Cl. The van der Waals surface area contributed by atoms with E-state index in [4.69, 9.17) is 26.3 Å². The number of hydrogen-bond donors (Lipinski definition) is 0. The molecule has 1 atom stereocenters. The van der Waals surface area contributed by atoms with Gasteiger partial charge in [0, 0.05) is 0 Å². The van der Waals surface area contributed by atoms with E-state index in [0.717, 1.165) is 11.1 Å². The van der Waals surface area contributed by atoms with Crippen molar-refractivity contribution in [3.63, 3.8) is 0 Å². The zero-order valence-electron chi connectivity index (χ0n) is 12.0. The summed E-state index contributed by atoms with van der Waals surface area (Å²) >= 11 is 6.17. The Morgan fingerprint density at radius 2 is 1.95 bits per heavy atom. The van der Waals surface area contributed by atoms with E-state index in [2.05, 4.69) is 0 Å². The minimum atomic E-state index is -0.799. The molecule has 2 aromatic carbocycles. The number of ether oxygens (including phenoxy) is 2. The maximum absolute atomic E-state index is 11.4. The van der Waals surface area contributed by atoms with Gasteiger partial charge in [-0.05, 0) is 30.2 Å². The Morgan fingerprint density at radius 3 is 2.59 bits per heavy atom. The van der Waals surface area contributed by atoms with Crippen LogP contribution in [-0.2, 0) is 9.53 Å². The molecule has 22 heavy (non-hydrogen) atoms. The highest BCUT2D eigenvalue weighted by molar-refractivity contribution is 6.32. The maximum Gasteiger partial charge on any atom is 0.345 e. The van der Waals surface area contributed by atoms with Crippen LogP contribution in [0.25, 0.3) is 11.1 Å². The van der Waals surface area contributed by atoms with Crippen LogP contribution in [-0.4, -0.2) is 18.7 Å². The summed E-state index contributed by atoms with van der Waals surface area (Å²) in [5, 5.41) is 8.97. The molecule has 0 radical (unpaired) electrons. The van der Waals surface area contributed by atoms with E-state index in [1.165, 1.54) is 6.92 Å². The second kappa shape index (κ2) is 7.48. The number of halogens is 1. The van der Waals surface area contributed by atoms with Gasteiger partial charge in [-0.2, -0.15) is 5.26 Å². The Hall–Kier alpha value is -2.51. The van der Waals surface area contributed by atoms with Gasteiger partial charge in [0.1, 0.15) is 11.8 Å². The van der Waals surface area contributed by atoms with E-state index < -0.39 is 12.1 Å². The zero-order chi connectivity index (χ0) is 15.9. The molecule has 0 amide bonds. The lowest BCUT2D eigenvalue weighted by atomic mass is 10.1. The topological polar surface area (TPSA) is 59.3 Å². The minimum Gasteiger partial charge on any atom is -0.480 e. The molecule has 0 bridgehead atoms. The van der Waals surface area contributed by atoms with E-state index in [0.29, 0.717) is 10.8 Å². The van der Waals surface area contributed by atoms with Crippen LogP contribution in [0.3, 0.4) is 0 Å². The average Bonchev–Trinajstić information content (AvgIpc) is 2.54. The number of carbonyl (C=O) groups is 1. The van der Waals surface area contributed by atoms with Crippen LogP contribution in [0.15, 0.2) is 48.5 Å². The standard InChI is InChI=1S/C17H14ClNO3/c1-12(10-19)22-17(20)11-21-16-8-7-14(9-15(16)18)13-5-3-2-4-6-13/h2-9,12H,11H2,1H3/t12-/m0/s1. The third-order valence-electron chi connectivity index (χ3n) is 2.87. The first-order valence-electron chi connectivity index (χ1n) is 6.67. The first-order chi connectivity index (χ1) is 10.6. The van der Waals surface area contributed by atoms with Crippen molar-refractivity contribution in [3.05, 3.63) is 53.6 Å². The molecule has 0 saturated carbocycles. The van der Waals surface area contributed by atoms with Crippen LogP contribution in [0.4, 0.5) is 0 Å². The third-order valence-corrected chi connectivity index (χ3v) is 3.17. The molecule has 0 fully saturated rings. The maximum atomic E-state index is 11.4. The first-order valence-corrected chi connectivity index (χ1v) is 7.05. The monoisotopic (exact) mass is 315 g/mol. The lowest BCUT2D eigenvalue weighted by Crippen LogP contribution is -2.19. The normalized spacial score (nSPS) is 11.3. The van der Waals surface area contributed by atoms with Crippen molar-refractivity contribution in [3.8, 4) is 22.9 Å². The molecule has 2 rings (SSSR count). The van der Waals surface area contributed by atoms with E-state index in [1.54, 1.807) is 18.2 Å². The summed E-state index contributed by atoms with van der Waals surface area (Å²) < 4.78 is 10.1. The van der Waals surface area contributed by atoms with Crippen LogP contribution in [0.5, 0.6) is 5.75 Å². The Labute approximate surface area is 133 Å². The van der Waals surface area contributed by atoms with Gasteiger partial charge in [-0.1, -0.05) is 48.0 Å². The van der Waals surface area contributed by atoms with Crippen LogP contribution >= 0.6 is 11.6 Å². The van der Waals surface area contributed by atoms with Gasteiger partial charge in [-0.3, -0.25) is 0 Å². The van der Waals surface area contributed by atoms with Crippen molar-refractivity contribution in [2.45, 2.75) is 13.0 Å². The van der Waals surface area contributed by atoms with E-state index in [9.17, 15) is 4.79 Å². The van der Waals surface area contributed by atoms with Gasteiger partial charge >= 0.3 is 5.97 Å². The number of hydrogen-bond acceptors (Lipinski definition) is 4. The van der Waals surface area contributed by atoms with Crippen LogP contribution in [0.2, 0.25) is 5.02 Å². The van der Waals surface area contributed by atoms with Crippen molar-refractivity contribution < 1.29 is 14.3 Å². The average molecular weight is 316 g/mol. The largest absolute Gasteiger partial charge is 0.480 e. The molecule has 112 valence electrons. The number of carbonyl (C=O) groups excluding carboxylic acids is 1. The number of nitrogens with zero attached hydrogens (tertiary/aromatic N) is 1. The second-order valence-electron chi connectivity index (χ2n) is 4.56. The fourth-order valence-corrected chi connectivity index (χ4v) is 2.06. The summed E-state index contributed by atoms with van der Waals surface area (Å²) in [5.74, 6) is -0.222. The highest BCUT2D eigenvalue weighted by Crippen LogP contribution is 2.30. The molecule has 0 aliphatic heterocycles. The van der Waals surface area contributed by atoms with Gasteiger partial charge in [0.2, 0.25) is 0 Å². The lowest BCUT2D eigenvalue weighted by molar-refractivity contribution is -0.148. The number of nitriles is 1. The third kappa shape index (κ3) is 4.24. The summed E-state index contributed by atoms with van der Waals surface area (Å²) in [7, 11) is 0. The van der Waals surface area contributed by atoms with E-state index in [-0.39, 0.29) is 6.61 Å². The van der Waals surface area contributed by atoms with Gasteiger partial charge in [-0.25, -0.2) is 4.79 Å². The van der Waals surface area contributed by atoms with Crippen molar-refractivity contribution in [1.82, 2.24) is 0 Å². The van der Waals surface area contributed by atoms with Gasteiger partial charge in [0.05, 0.1) is 5.02 Å². The molecule has 0 N–H and O–H groups in total. The van der Waals surface area contributed by atoms with Gasteiger partial charge in [0.25, 0.3) is 0 Å². The Kier molecular flexibility index (Phi) is 5.40. The molecule has 0 aromatic heterocycles. The summed E-state index contributed by atoms with van der Waals surface area (Å²) in [5.41, 5.74) is 2.00. The number of esters is 1.